The molecule has 3 atom stereocenters. The van der Waals surface area contributed by atoms with Crippen LogP contribution in [0.15, 0.2) is 187 Å². The number of thioether (sulfide) groups is 1. The molecule has 2 heterocycles. The SMILES string of the molecule is C1=CC(c2cc(-c3ccccc3)cc(-c3ccccc3)c2)CC(n2c3ccccc3c3cccc(-c4cccc5c4SC4C=CC=CC54)c32)=C1. The zero-order valence-electron chi connectivity index (χ0n) is 27.6. The quantitative estimate of drug-likeness (QED) is 0.178. The molecule has 1 nitrogen and oxygen atoms in total. The molecule has 50 heavy (non-hydrogen) atoms. The smallest absolute Gasteiger partial charge is 0.0616 e. The van der Waals surface area contributed by atoms with Crippen LogP contribution in [0.25, 0.3) is 60.9 Å². The van der Waals surface area contributed by atoms with Gasteiger partial charge in [-0.2, -0.15) is 0 Å². The first-order valence-electron chi connectivity index (χ1n) is 17.6. The van der Waals surface area contributed by atoms with E-state index in [0.29, 0.717) is 11.2 Å². The Morgan fingerprint density at radius 1 is 0.540 bits per heavy atom. The van der Waals surface area contributed by atoms with Crippen LogP contribution >= 0.6 is 11.8 Å². The van der Waals surface area contributed by atoms with E-state index in [9.17, 15) is 0 Å². The monoisotopic (exact) mass is 657 g/mol. The summed E-state index contributed by atoms with van der Waals surface area (Å²) in [4.78, 5) is 1.42. The van der Waals surface area contributed by atoms with Gasteiger partial charge in [0, 0.05) is 44.0 Å². The maximum Gasteiger partial charge on any atom is 0.0616 e. The first-order valence-corrected chi connectivity index (χ1v) is 18.5. The van der Waals surface area contributed by atoms with Crippen LogP contribution in [0, 0.1) is 0 Å². The van der Waals surface area contributed by atoms with Crippen molar-refractivity contribution in [2.45, 2.75) is 28.4 Å². The number of hydrogen-bond acceptors (Lipinski definition) is 1. The van der Waals surface area contributed by atoms with Gasteiger partial charge in [-0.05, 0) is 63.6 Å². The van der Waals surface area contributed by atoms with Gasteiger partial charge in [0.1, 0.15) is 0 Å². The molecule has 1 aromatic heterocycles. The molecule has 0 saturated heterocycles. The van der Waals surface area contributed by atoms with Gasteiger partial charge < -0.3 is 4.57 Å². The van der Waals surface area contributed by atoms with Gasteiger partial charge in [0.2, 0.25) is 0 Å². The summed E-state index contributed by atoms with van der Waals surface area (Å²) in [6.45, 7) is 0. The third kappa shape index (κ3) is 4.86. The van der Waals surface area contributed by atoms with Crippen molar-refractivity contribution in [1.29, 1.82) is 0 Å². The summed E-state index contributed by atoms with van der Waals surface area (Å²) in [5, 5.41) is 3.06. The van der Waals surface area contributed by atoms with Crippen LogP contribution < -0.4 is 0 Å². The van der Waals surface area contributed by atoms with Crippen molar-refractivity contribution < 1.29 is 0 Å². The Kier molecular flexibility index (Phi) is 7.10. The highest BCUT2D eigenvalue weighted by Crippen LogP contribution is 2.53. The summed E-state index contributed by atoms with van der Waals surface area (Å²) in [7, 11) is 0. The Balaban J connectivity index is 1.12. The van der Waals surface area contributed by atoms with Crippen molar-refractivity contribution in [3.63, 3.8) is 0 Å². The molecule has 0 fully saturated rings. The highest BCUT2D eigenvalue weighted by molar-refractivity contribution is 8.00. The number of hydrogen-bond donors (Lipinski definition) is 0. The fourth-order valence-corrected chi connectivity index (χ4v) is 9.80. The molecule has 238 valence electrons. The van der Waals surface area contributed by atoms with Crippen LogP contribution in [0.5, 0.6) is 0 Å². The highest BCUT2D eigenvalue weighted by atomic mass is 32.2. The first kappa shape index (κ1) is 29.4. The fourth-order valence-electron chi connectivity index (χ4n) is 8.33. The summed E-state index contributed by atoms with van der Waals surface area (Å²) >= 11 is 2.02. The van der Waals surface area contributed by atoms with E-state index in [4.69, 9.17) is 0 Å². The predicted molar refractivity (Wildman–Crippen MR) is 214 cm³/mol. The summed E-state index contributed by atoms with van der Waals surface area (Å²) in [6, 6.07) is 51.5. The van der Waals surface area contributed by atoms with Gasteiger partial charge in [0.05, 0.1) is 11.0 Å². The number of nitrogens with zero attached hydrogens (tertiary/aromatic N) is 1. The lowest BCUT2D eigenvalue weighted by Crippen LogP contribution is -2.07. The predicted octanol–water partition coefficient (Wildman–Crippen LogP) is 13.1. The van der Waals surface area contributed by atoms with Crippen molar-refractivity contribution >= 4 is 39.3 Å². The molecule has 0 radical (unpaired) electrons. The van der Waals surface area contributed by atoms with E-state index in [1.54, 1.807) is 0 Å². The van der Waals surface area contributed by atoms with Gasteiger partial charge in [-0.15, -0.1) is 11.8 Å². The number of benzene rings is 6. The third-order valence-electron chi connectivity index (χ3n) is 10.7. The zero-order chi connectivity index (χ0) is 33.0. The number of allylic oxidation sites excluding steroid dienone is 7. The maximum absolute atomic E-state index is 2.57. The van der Waals surface area contributed by atoms with Crippen molar-refractivity contribution in [2.24, 2.45) is 0 Å². The van der Waals surface area contributed by atoms with E-state index in [0.717, 1.165) is 6.42 Å². The van der Waals surface area contributed by atoms with Crippen LogP contribution in [0.1, 0.15) is 29.4 Å². The van der Waals surface area contributed by atoms with Crippen LogP contribution in [0.4, 0.5) is 0 Å². The number of rotatable bonds is 5. The van der Waals surface area contributed by atoms with Gasteiger partial charge in [-0.1, -0.05) is 164 Å². The first-order chi connectivity index (χ1) is 24.8. The highest BCUT2D eigenvalue weighted by Gasteiger charge is 2.33. The number of para-hydroxylation sites is 2. The summed E-state index contributed by atoms with van der Waals surface area (Å²) in [5.41, 5.74) is 14.3. The molecular formula is C48H35NS. The topological polar surface area (TPSA) is 4.93 Å². The molecule has 0 amide bonds. The van der Waals surface area contributed by atoms with E-state index in [1.807, 2.05) is 11.8 Å². The minimum Gasteiger partial charge on any atom is -0.312 e. The second kappa shape index (κ2) is 12.1. The van der Waals surface area contributed by atoms with Crippen molar-refractivity contribution in [3.05, 3.63) is 193 Å². The van der Waals surface area contributed by atoms with Gasteiger partial charge >= 0.3 is 0 Å². The van der Waals surface area contributed by atoms with Crippen LogP contribution in [0.2, 0.25) is 0 Å². The molecule has 2 aliphatic carbocycles. The Hall–Kier alpha value is -5.57. The zero-order valence-corrected chi connectivity index (χ0v) is 28.4. The molecular weight excluding hydrogens is 623 g/mol. The molecule has 0 bridgehead atoms. The number of fused-ring (bicyclic) bond motifs is 6. The van der Waals surface area contributed by atoms with Crippen molar-refractivity contribution in [3.8, 4) is 33.4 Å². The van der Waals surface area contributed by atoms with Gasteiger partial charge in [-0.25, -0.2) is 0 Å². The van der Waals surface area contributed by atoms with Crippen LogP contribution in [0.3, 0.4) is 0 Å². The Labute approximate surface area is 297 Å². The summed E-state index contributed by atoms with van der Waals surface area (Å²) in [5.74, 6) is 0.673. The van der Waals surface area contributed by atoms with Gasteiger partial charge in [0.25, 0.3) is 0 Å². The van der Waals surface area contributed by atoms with E-state index in [1.165, 1.54) is 76.9 Å². The molecule has 3 unspecified atom stereocenters. The van der Waals surface area contributed by atoms with Crippen LogP contribution in [-0.2, 0) is 0 Å². The third-order valence-corrected chi connectivity index (χ3v) is 12.1. The van der Waals surface area contributed by atoms with E-state index in [-0.39, 0.29) is 5.92 Å². The number of aromatic nitrogens is 1. The second-order valence-electron chi connectivity index (χ2n) is 13.6. The maximum atomic E-state index is 2.57. The Bertz CT molecular complexity index is 2490. The normalized spacial score (nSPS) is 19.1. The Morgan fingerprint density at radius 2 is 1.22 bits per heavy atom. The molecule has 3 aliphatic rings. The van der Waals surface area contributed by atoms with Crippen molar-refractivity contribution in [1.82, 2.24) is 4.57 Å². The molecule has 1 aliphatic heterocycles. The molecule has 0 saturated carbocycles. The minimum atomic E-state index is 0.239. The van der Waals surface area contributed by atoms with E-state index < -0.39 is 0 Å². The minimum absolute atomic E-state index is 0.239. The second-order valence-corrected chi connectivity index (χ2v) is 14.8. The molecule has 6 aromatic carbocycles. The lowest BCUT2D eigenvalue weighted by atomic mass is 9.86. The fraction of sp³-hybridized carbons (Fsp3) is 0.0833. The van der Waals surface area contributed by atoms with Gasteiger partial charge in [-0.3, -0.25) is 0 Å². The molecule has 0 N–H and O–H groups in total. The largest absolute Gasteiger partial charge is 0.312 e. The van der Waals surface area contributed by atoms with E-state index >= 15 is 0 Å². The standard InChI is InChI=1S/C48H35NS/c1-3-14-32(15-4-1)35-28-36(33-16-5-2-6-17-33)30-37(29-35)34-18-11-19-38(31-34)49-45-26-9-7-20-39(45)41-22-12-23-42(47(41)49)44-25-13-24-43-40-21-8-10-27-46(40)50-48(43)44/h1-30,34,40,46H,31H2. The molecule has 0 spiro atoms. The Morgan fingerprint density at radius 3 is 2.02 bits per heavy atom. The van der Waals surface area contributed by atoms with Gasteiger partial charge in [0.15, 0.2) is 0 Å². The van der Waals surface area contributed by atoms with Crippen molar-refractivity contribution in [2.75, 3.05) is 0 Å². The lowest BCUT2D eigenvalue weighted by Gasteiger charge is -2.23. The average molecular weight is 658 g/mol. The molecule has 10 rings (SSSR count). The summed E-state index contributed by atoms with van der Waals surface area (Å²) < 4.78 is 2.57. The van der Waals surface area contributed by atoms with E-state index in [2.05, 4.69) is 187 Å². The van der Waals surface area contributed by atoms with Crippen LogP contribution in [-0.4, -0.2) is 9.82 Å². The molecule has 7 aromatic rings. The molecule has 2 heteroatoms. The lowest BCUT2D eigenvalue weighted by molar-refractivity contribution is 0.838. The summed E-state index contributed by atoms with van der Waals surface area (Å²) in [6.07, 6.45) is 17.1. The average Bonchev–Trinajstić information content (AvgIpc) is 3.75.